The fourth-order valence-electron chi connectivity index (χ4n) is 5.69. The molecule has 516 valence electrons. The zero-order valence-electron chi connectivity index (χ0n) is 52.9. The van der Waals surface area contributed by atoms with Gasteiger partial charge in [-0.2, -0.15) is 12.6 Å². The smallest absolute Gasteiger partial charge is 0.370 e. The van der Waals surface area contributed by atoms with Crippen LogP contribution in [0.2, 0.25) is 0 Å². The summed E-state index contributed by atoms with van der Waals surface area (Å²) in [6.07, 6.45) is 0.969. The van der Waals surface area contributed by atoms with E-state index in [1.54, 1.807) is 13.8 Å². The maximum atomic E-state index is 11.3. The molecule has 5 aliphatic rings. The van der Waals surface area contributed by atoms with Crippen LogP contribution in [0, 0.1) is 0 Å². The minimum atomic E-state index is -0.997. The zero-order chi connectivity index (χ0) is 72.7. The first-order valence-electron chi connectivity index (χ1n) is 27.5. The summed E-state index contributed by atoms with van der Waals surface area (Å²) in [5.74, 6) is -9.35. The Morgan fingerprint density at radius 1 is 0.330 bits per heavy atom. The predicted octanol–water partition coefficient (Wildman–Crippen LogP) is 2.48. The summed E-state index contributed by atoms with van der Waals surface area (Å²) >= 11 is 7.53. The Kier molecular flexibility index (Phi) is 41.2. The maximum Gasteiger partial charge on any atom is 0.370 e. The number of carbonyl (C=O) groups is 19. The van der Waals surface area contributed by atoms with Gasteiger partial charge in [-0.15, -0.1) is 27.8 Å². The average molecular weight is 1370 g/mol. The fraction of sp³-hybridized carbons (Fsp3) is 0.441. The number of thiol groups is 2. The Morgan fingerprint density at radius 3 is 0.936 bits per heavy atom. The molecule has 0 unspecified atom stereocenters. The summed E-state index contributed by atoms with van der Waals surface area (Å²) < 4.78 is 27.7. The van der Waals surface area contributed by atoms with E-state index in [1.165, 1.54) is 34.6 Å². The lowest BCUT2D eigenvalue weighted by Crippen LogP contribution is -2.33. The number of hydrogen-bond donors (Lipinski definition) is 2. The molecule has 5 fully saturated rings. The summed E-state index contributed by atoms with van der Waals surface area (Å²) in [5.41, 5.74) is 1.86. The van der Waals surface area contributed by atoms with E-state index in [2.05, 4.69) is 110 Å². The van der Waals surface area contributed by atoms with Crippen LogP contribution in [0.4, 0.5) is 0 Å². The number of rotatable bonds is 23. The van der Waals surface area contributed by atoms with E-state index >= 15 is 0 Å². The molecule has 33 nitrogen and oxygen atoms in total. The molecule has 5 rings (SSSR count). The first kappa shape index (κ1) is 85.9. The summed E-state index contributed by atoms with van der Waals surface area (Å²) in [6.45, 7) is 33.5. The highest BCUT2D eigenvalue weighted by atomic mass is 32.1. The number of hydrogen-bond acceptors (Lipinski definition) is 30. The first-order valence-corrected chi connectivity index (χ1v) is 28.7. The van der Waals surface area contributed by atoms with Gasteiger partial charge in [0, 0.05) is 109 Å². The van der Waals surface area contributed by atoms with Gasteiger partial charge in [-0.1, -0.05) is 46.1 Å². The quantitative estimate of drug-likeness (QED) is 0.0370. The summed E-state index contributed by atoms with van der Waals surface area (Å²) in [7, 11) is 0. The molecule has 94 heavy (non-hydrogen) atoms. The van der Waals surface area contributed by atoms with Gasteiger partial charge in [-0.3, -0.25) is 52.8 Å². The molecule has 35 heteroatoms. The molecular formula is C59H75N5O28S2. The third kappa shape index (κ3) is 34.9. The normalized spacial score (nSPS) is 14.1. The number of amides is 10. The average Bonchev–Trinajstić information content (AvgIpc) is 2.69. The lowest BCUT2D eigenvalue weighted by molar-refractivity contribution is -0.200. The number of hydroxylamine groups is 6. The van der Waals surface area contributed by atoms with E-state index in [1.807, 2.05) is 0 Å². The van der Waals surface area contributed by atoms with Crippen molar-refractivity contribution in [1.29, 1.82) is 0 Å². The van der Waals surface area contributed by atoms with E-state index in [-0.39, 0.29) is 161 Å². The Labute approximate surface area is 550 Å². The molecule has 0 N–H and O–H groups in total. The molecule has 5 heterocycles. The predicted molar refractivity (Wildman–Crippen MR) is 325 cm³/mol. The first-order chi connectivity index (χ1) is 43.7. The molecule has 5 aliphatic heterocycles. The second-order valence-electron chi connectivity index (χ2n) is 19.2. The molecule has 0 atom stereocenters. The SMILES string of the molecule is C=C(C)C(=O)OCC(=O)ON1C(=O)CCC1=O.C=C(C)C(=O)OCCC(=O)ON1C(=O)CCC1=O.C=C(C)C(=O)OCCN1C(=O)CCC1=O.C=C(C)C(=O)OCCS.C=C(C)C(=O)OCN1C(=O)CCC1=O.C=C(C)C(=O)OCS.C=C(C)C(=O)ON1C(=O)CCC1=O. The highest BCUT2D eigenvalue weighted by molar-refractivity contribution is 7.80. The van der Waals surface area contributed by atoms with Gasteiger partial charge in [0.25, 0.3) is 35.4 Å². The molecule has 0 aromatic rings. The molecular weight excluding hydrogens is 1290 g/mol. The fourth-order valence-corrected chi connectivity index (χ4v) is 5.90. The summed E-state index contributed by atoms with van der Waals surface area (Å²) in [5, 5.41) is 1.33. The third-order valence-corrected chi connectivity index (χ3v) is 10.9. The van der Waals surface area contributed by atoms with Crippen molar-refractivity contribution in [3.8, 4) is 0 Å². The molecule has 0 spiro atoms. The van der Waals surface area contributed by atoms with E-state index in [4.69, 9.17) is 4.74 Å². The van der Waals surface area contributed by atoms with Crippen molar-refractivity contribution < 1.29 is 134 Å². The van der Waals surface area contributed by atoms with Crippen molar-refractivity contribution in [3.05, 3.63) is 85.1 Å². The van der Waals surface area contributed by atoms with E-state index in [9.17, 15) is 91.1 Å². The summed E-state index contributed by atoms with van der Waals surface area (Å²) in [4.78, 5) is 224. The van der Waals surface area contributed by atoms with Crippen LogP contribution in [0.1, 0.15) is 119 Å². The maximum absolute atomic E-state index is 11.3. The molecule has 0 bridgehead atoms. The largest absolute Gasteiger partial charge is 0.462 e. The minimum Gasteiger partial charge on any atom is -0.462 e. The van der Waals surface area contributed by atoms with Gasteiger partial charge in [0.05, 0.1) is 13.0 Å². The van der Waals surface area contributed by atoms with Gasteiger partial charge in [0.15, 0.2) is 13.3 Å². The Balaban J connectivity index is 0. The third-order valence-electron chi connectivity index (χ3n) is 10.6. The standard InChI is InChI=1S/C11H13NO6.C10H11NO6.C10H13NO4.C9H11NO4.C8H9NO4.C6H10O2S.C5H8O2S/c1-7(2)11(16)17-6-5-10(15)18-12-8(13)3-4-9(12)14;1-6(2)10(15)16-5-9(14)17-11-7(12)3-4-8(11)13;1-7(2)10(14)15-6-5-11-8(12)3-4-9(11)13;1-6(2)9(13)14-5-10-7(11)3-4-8(10)12;1-5(2)8(12)13-9-6(10)3-4-7(9)11;1-5(2)6(7)8-3-4-9;1-4(2)5(6)7-3-8/h1,3-6H2,2H3;1,3-5H2,2H3;1,3-6H2,2H3;1,3-5H2,2H3;1,3-4H2,2H3;9H,1,3-4H2,2H3;8H,1,3H2,2H3. The van der Waals surface area contributed by atoms with Crippen molar-refractivity contribution in [2.24, 2.45) is 0 Å². The number of carbonyl (C=O) groups excluding carboxylic acids is 19. The van der Waals surface area contributed by atoms with Gasteiger partial charge in [-0.25, -0.2) is 48.1 Å². The number of likely N-dealkylation sites (tertiary alicyclic amines) is 2. The van der Waals surface area contributed by atoms with Crippen molar-refractivity contribution in [2.45, 2.75) is 119 Å². The van der Waals surface area contributed by atoms with Crippen LogP contribution in [0.25, 0.3) is 0 Å². The van der Waals surface area contributed by atoms with E-state index < -0.39 is 83.8 Å². The number of nitrogens with zero attached hydrogens (tertiary/aromatic N) is 5. The van der Waals surface area contributed by atoms with Crippen molar-refractivity contribution >= 4 is 138 Å². The Morgan fingerprint density at radius 2 is 0.606 bits per heavy atom. The molecule has 10 amide bonds. The van der Waals surface area contributed by atoms with Gasteiger partial charge >= 0.3 is 53.7 Å². The Hall–Kier alpha value is -10.2. The van der Waals surface area contributed by atoms with Crippen LogP contribution in [0.3, 0.4) is 0 Å². The van der Waals surface area contributed by atoms with Gasteiger partial charge in [0.1, 0.15) is 25.8 Å². The molecule has 0 radical (unpaired) electrons. The molecule has 0 aromatic carbocycles. The van der Waals surface area contributed by atoms with Crippen LogP contribution >= 0.6 is 25.3 Å². The van der Waals surface area contributed by atoms with Gasteiger partial charge < -0.3 is 42.9 Å². The lowest BCUT2D eigenvalue weighted by Gasteiger charge is -2.13. The number of ether oxygens (including phenoxy) is 6. The molecule has 5 saturated heterocycles. The molecule has 0 saturated carbocycles. The zero-order valence-corrected chi connectivity index (χ0v) is 54.7. The van der Waals surface area contributed by atoms with Crippen LogP contribution in [-0.2, 0) is 134 Å². The van der Waals surface area contributed by atoms with E-state index in [0.29, 0.717) is 44.3 Å². The van der Waals surface area contributed by atoms with Gasteiger partial charge in [-0.05, 0) is 48.5 Å². The number of esters is 6. The van der Waals surface area contributed by atoms with Crippen LogP contribution < -0.4 is 0 Å². The molecule has 0 aliphatic carbocycles. The van der Waals surface area contributed by atoms with Crippen LogP contribution in [0.5, 0.6) is 0 Å². The van der Waals surface area contributed by atoms with Crippen LogP contribution in [0.15, 0.2) is 85.1 Å². The topological polar surface area (TPSA) is 424 Å². The van der Waals surface area contributed by atoms with E-state index in [0.717, 1.165) is 9.80 Å². The second kappa shape index (κ2) is 45.1. The highest BCUT2D eigenvalue weighted by Crippen LogP contribution is 2.16. The second-order valence-corrected chi connectivity index (χ2v) is 20.0. The monoisotopic (exact) mass is 1370 g/mol. The Bertz CT molecular complexity index is 2980. The van der Waals surface area contributed by atoms with Crippen LogP contribution in [-0.4, -0.2) is 189 Å². The minimum absolute atomic E-state index is 0.0116. The highest BCUT2D eigenvalue weighted by Gasteiger charge is 2.36. The van der Waals surface area contributed by atoms with Crippen molar-refractivity contribution in [1.82, 2.24) is 25.0 Å². The van der Waals surface area contributed by atoms with Gasteiger partial charge in [0.2, 0.25) is 23.6 Å². The molecule has 0 aromatic heterocycles. The summed E-state index contributed by atoms with van der Waals surface area (Å²) in [6, 6.07) is 0. The van der Waals surface area contributed by atoms with Crippen molar-refractivity contribution in [3.63, 3.8) is 0 Å². The van der Waals surface area contributed by atoms with Crippen molar-refractivity contribution in [2.75, 3.05) is 51.4 Å². The lowest BCUT2D eigenvalue weighted by atomic mass is 10.4. The number of imide groups is 5.